The monoisotopic (exact) mass is 321 g/mol. The maximum Gasteiger partial charge on any atom is 0.307 e. The third-order valence-corrected chi connectivity index (χ3v) is 5.46. The molecule has 1 aliphatic rings. The van der Waals surface area contributed by atoms with Crippen LogP contribution in [0.3, 0.4) is 0 Å². The first-order chi connectivity index (χ1) is 10.6. The molecule has 0 bridgehead atoms. The van der Waals surface area contributed by atoms with Gasteiger partial charge in [-0.25, -0.2) is 0 Å². The van der Waals surface area contributed by atoms with E-state index in [-0.39, 0.29) is 12.1 Å². The lowest BCUT2D eigenvalue weighted by atomic mass is 9.97. The average molecular weight is 321 g/mol. The summed E-state index contributed by atoms with van der Waals surface area (Å²) in [5, 5.41) is 0.442. The quantitative estimate of drug-likeness (QED) is 0.716. The van der Waals surface area contributed by atoms with Crippen molar-refractivity contribution < 1.29 is 9.53 Å². The Morgan fingerprint density at radius 3 is 2.68 bits per heavy atom. The van der Waals surface area contributed by atoms with Gasteiger partial charge in [-0.05, 0) is 38.9 Å². The molecule has 0 spiro atoms. The van der Waals surface area contributed by atoms with Gasteiger partial charge in [0.15, 0.2) is 0 Å². The van der Waals surface area contributed by atoms with Crippen LogP contribution in [0.25, 0.3) is 0 Å². The molecule has 0 unspecified atom stereocenters. The molecule has 22 heavy (non-hydrogen) atoms. The van der Waals surface area contributed by atoms with Gasteiger partial charge in [-0.15, -0.1) is 11.8 Å². The summed E-state index contributed by atoms with van der Waals surface area (Å²) in [6, 6.07) is 10.5. The van der Waals surface area contributed by atoms with Gasteiger partial charge >= 0.3 is 5.97 Å². The van der Waals surface area contributed by atoms with Gasteiger partial charge in [0.25, 0.3) is 0 Å². The standard InChI is InChI=1S/C18H27NO2S/c1-19(2)13-12-18(20)21-16-10-6-7-11-17(16)22-14-15-8-4-3-5-9-15/h3-5,8-9,16-17H,6-7,10-14H2,1-2H3/t16-,17+/m0/s1. The molecule has 0 N–H and O–H groups in total. The third-order valence-electron chi connectivity index (χ3n) is 3.99. The normalized spacial score (nSPS) is 21.8. The van der Waals surface area contributed by atoms with Crippen LogP contribution >= 0.6 is 11.8 Å². The van der Waals surface area contributed by atoms with E-state index < -0.39 is 0 Å². The topological polar surface area (TPSA) is 29.5 Å². The van der Waals surface area contributed by atoms with Gasteiger partial charge in [0.2, 0.25) is 0 Å². The van der Waals surface area contributed by atoms with Crippen LogP contribution in [-0.2, 0) is 15.3 Å². The summed E-state index contributed by atoms with van der Waals surface area (Å²) in [6.45, 7) is 0.757. The molecule has 0 amide bonds. The summed E-state index contributed by atoms with van der Waals surface area (Å²) in [4.78, 5) is 14.0. The summed E-state index contributed by atoms with van der Waals surface area (Å²) in [5.74, 6) is 0.947. The largest absolute Gasteiger partial charge is 0.461 e. The van der Waals surface area contributed by atoms with Crippen molar-refractivity contribution in [3.8, 4) is 0 Å². The Bertz CT molecular complexity index is 450. The van der Waals surface area contributed by atoms with Gasteiger partial charge in [0.05, 0.1) is 6.42 Å². The van der Waals surface area contributed by atoms with Crippen molar-refractivity contribution in [3.05, 3.63) is 35.9 Å². The van der Waals surface area contributed by atoms with Gasteiger partial charge in [-0.3, -0.25) is 4.79 Å². The molecule has 0 aromatic heterocycles. The molecule has 1 saturated carbocycles. The first-order valence-corrected chi connectivity index (χ1v) is 9.20. The molecule has 0 saturated heterocycles. The summed E-state index contributed by atoms with van der Waals surface area (Å²) >= 11 is 1.94. The molecule has 4 heteroatoms. The van der Waals surface area contributed by atoms with Crippen molar-refractivity contribution in [2.75, 3.05) is 20.6 Å². The van der Waals surface area contributed by atoms with E-state index in [4.69, 9.17) is 4.74 Å². The highest BCUT2D eigenvalue weighted by Crippen LogP contribution is 2.32. The molecule has 0 aliphatic heterocycles. The lowest BCUT2D eigenvalue weighted by Crippen LogP contribution is -2.33. The Balaban J connectivity index is 1.81. The van der Waals surface area contributed by atoms with Crippen molar-refractivity contribution >= 4 is 17.7 Å². The highest BCUT2D eigenvalue weighted by molar-refractivity contribution is 7.99. The van der Waals surface area contributed by atoms with Gasteiger partial charge in [-0.1, -0.05) is 36.8 Å². The molecule has 0 heterocycles. The van der Waals surface area contributed by atoms with Crippen molar-refractivity contribution in [1.29, 1.82) is 0 Å². The van der Waals surface area contributed by atoms with E-state index in [1.54, 1.807) is 0 Å². The summed E-state index contributed by atoms with van der Waals surface area (Å²) in [7, 11) is 3.96. The minimum absolute atomic E-state index is 0.0501. The number of hydrogen-bond donors (Lipinski definition) is 0. The van der Waals surface area contributed by atoms with Crippen molar-refractivity contribution in [2.24, 2.45) is 0 Å². The Morgan fingerprint density at radius 2 is 1.95 bits per heavy atom. The molecule has 1 fully saturated rings. The molecule has 2 atom stereocenters. The molecular formula is C18H27NO2S. The fraction of sp³-hybridized carbons (Fsp3) is 0.611. The lowest BCUT2D eigenvalue weighted by Gasteiger charge is -2.31. The van der Waals surface area contributed by atoms with Gasteiger partial charge in [-0.2, -0.15) is 0 Å². The Kier molecular flexibility index (Phi) is 7.26. The van der Waals surface area contributed by atoms with E-state index in [0.717, 1.165) is 25.1 Å². The zero-order valence-electron chi connectivity index (χ0n) is 13.7. The number of ether oxygens (including phenoxy) is 1. The minimum atomic E-state index is -0.0501. The number of hydrogen-bond acceptors (Lipinski definition) is 4. The van der Waals surface area contributed by atoms with E-state index in [1.165, 1.54) is 18.4 Å². The highest BCUT2D eigenvalue weighted by atomic mass is 32.2. The number of carbonyl (C=O) groups is 1. The average Bonchev–Trinajstić information content (AvgIpc) is 2.53. The van der Waals surface area contributed by atoms with Crippen LogP contribution < -0.4 is 0 Å². The molecule has 1 aromatic carbocycles. The second-order valence-electron chi connectivity index (χ2n) is 6.20. The molecule has 1 aliphatic carbocycles. The Labute approximate surface area is 138 Å². The van der Waals surface area contributed by atoms with Crippen molar-refractivity contribution in [3.63, 3.8) is 0 Å². The van der Waals surface area contributed by atoms with Crippen molar-refractivity contribution in [1.82, 2.24) is 4.90 Å². The fourth-order valence-corrected chi connectivity index (χ4v) is 4.05. The number of benzene rings is 1. The van der Waals surface area contributed by atoms with Crippen LogP contribution in [0.4, 0.5) is 0 Å². The number of thioether (sulfide) groups is 1. The Hall–Kier alpha value is -1.00. The second-order valence-corrected chi connectivity index (χ2v) is 7.43. The predicted octanol–water partition coefficient (Wildman–Crippen LogP) is 3.73. The molecular weight excluding hydrogens is 294 g/mol. The van der Waals surface area contributed by atoms with Crippen LogP contribution in [0.15, 0.2) is 30.3 Å². The van der Waals surface area contributed by atoms with Crippen LogP contribution in [0.2, 0.25) is 0 Å². The number of nitrogens with zero attached hydrogens (tertiary/aromatic N) is 1. The van der Waals surface area contributed by atoms with Crippen LogP contribution in [0.1, 0.15) is 37.7 Å². The second kappa shape index (κ2) is 9.21. The first kappa shape index (κ1) is 17.4. The molecule has 3 nitrogen and oxygen atoms in total. The lowest BCUT2D eigenvalue weighted by molar-refractivity contribution is -0.150. The van der Waals surface area contributed by atoms with Crippen LogP contribution in [0, 0.1) is 0 Å². The third kappa shape index (κ3) is 6.01. The number of esters is 1. The van der Waals surface area contributed by atoms with E-state index in [9.17, 15) is 4.79 Å². The first-order valence-electron chi connectivity index (χ1n) is 8.15. The van der Waals surface area contributed by atoms with E-state index in [0.29, 0.717) is 11.7 Å². The summed E-state index contributed by atoms with van der Waals surface area (Å²) < 4.78 is 5.76. The van der Waals surface area contributed by atoms with Crippen LogP contribution in [0.5, 0.6) is 0 Å². The summed E-state index contributed by atoms with van der Waals surface area (Å²) in [5.41, 5.74) is 1.34. The minimum Gasteiger partial charge on any atom is -0.461 e. The smallest absolute Gasteiger partial charge is 0.307 e. The van der Waals surface area contributed by atoms with E-state index in [1.807, 2.05) is 36.8 Å². The Morgan fingerprint density at radius 1 is 1.23 bits per heavy atom. The maximum absolute atomic E-state index is 12.0. The molecule has 122 valence electrons. The van der Waals surface area contributed by atoms with Gasteiger partial charge in [0, 0.05) is 17.5 Å². The van der Waals surface area contributed by atoms with E-state index >= 15 is 0 Å². The summed E-state index contributed by atoms with van der Waals surface area (Å²) in [6.07, 6.45) is 5.17. The maximum atomic E-state index is 12.0. The number of carbonyl (C=O) groups excluding carboxylic acids is 1. The van der Waals surface area contributed by atoms with Gasteiger partial charge in [0.1, 0.15) is 6.10 Å². The molecule has 2 rings (SSSR count). The highest BCUT2D eigenvalue weighted by Gasteiger charge is 2.28. The van der Waals surface area contributed by atoms with Crippen molar-refractivity contribution in [2.45, 2.75) is 49.2 Å². The van der Waals surface area contributed by atoms with Gasteiger partial charge < -0.3 is 9.64 Å². The van der Waals surface area contributed by atoms with E-state index in [2.05, 4.69) is 24.3 Å². The predicted molar refractivity (Wildman–Crippen MR) is 93.0 cm³/mol. The van der Waals surface area contributed by atoms with Crippen LogP contribution in [-0.4, -0.2) is 42.9 Å². The number of rotatable bonds is 7. The zero-order chi connectivity index (χ0) is 15.8. The molecule has 0 radical (unpaired) electrons. The zero-order valence-corrected chi connectivity index (χ0v) is 14.5. The fourth-order valence-electron chi connectivity index (χ4n) is 2.71. The SMILES string of the molecule is CN(C)CCC(=O)O[C@H]1CCCC[C@H]1SCc1ccccc1. The molecule has 1 aromatic rings.